The van der Waals surface area contributed by atoms with Gasteiger partial charge in [0, 0.05) is 22.3 Å². The number of aryl methyl sites for hydroxylation is 1. The number of nitrogen functional groups attached to an aromatic ring is 1. The van der Waals surface area contributed by atoms with Gasteiger partial charge in [0.05, 0.1) is 4.92 Å². The largest absolute Gasteiger partial charge is 0.432 e. The zero-order valence-corrected chi connectivity index (χ0v) is 11.9. The lowest BCUT2D eigenvalue weighted by molar-refractivity contribution is -0.385. The highest BCUT2D eigenvalue weighted by Gasteiger charge is 2.17. The van der Waals surface area contributed by atoms with Gasteiger partial charge in [0.1, 0.15) is 0 Å². The minimum atomic E-state index is -0.532. The quantitative estimate of drug-likeness (QED) is 0.499. The van der Waals surface area contributed by atoms with Crippen molar-refractivity contribution in [2.75, 3.05) is 5.43 Å². The van der Waals surface area contributed by atoms with Gasteiger partial charge in [-0.25, -0.2) is 10.8 Å². The standard InChI is InChI=1S/C11H10BrN5O3/c1-6-4-10(15-11(14-6)16-13)20-9-3-2-7(12)5-8(9)17(18)19/h2-5H,13H2,1H3,(H,14,15,16). The van der Waals surface area contributed by atoms with Gasteiger partial charge in [-0.3, -0.25) is 15.5 Å². The molecule has 0 saturated heterocycles. The number of hydrazine groups is 1. The maximum absolute atomic E-state index is 11.0. The van der Waals surface area contributed by atoms with Crippen LogP contribution in [0.2, 0.25) is 0 Å². The van der Waals surface area contributed by atoms with Crippen LogP contribution >= 0.6 is 15.9 Å². The number of hydrogen-bond acceptors (Lipinski definition) is 7. The number of nitrogens with one attached hydrogen (secondary N) is 1. The predicted octanol–water partition coefficient (Wildman–Crippen LogP) is 2.53. The van der Waals surface area contributed by atoms with E-state index in [0.717, 1.165) is 0 Å². The summed E-state index contributed by atoms with van der Waals surface area (Å²) in [5.41, 5.74) is 2.74. The summed E-state index contributed by atoms with van der Waals surface area (Å²) in [5, 5.41) is 11.0. The molecule has 9 heteroatoms. The molecule has 2 rings (SSSR count). The molecule has 0 unspecified atom stereocenters. The van der Waals surface area contributed by atoms with Crippen molar-refractivity contribution in [3.05, 3.63) is 44.5 Å². The van der Waals surface area contributed by atoms with Gasteiger partial charge in [0.15, 0.2) is 0 Å². The van der Waals surface area contributed by atoms with Crippen LogP contribution in [0.5, 0.6) is 11.6 Å². The lowest BCUT2D eigenvalue weighted by Crippen LogP contribution is -2.11. The monoisotopic (exact) mass is 339 g/mol. The highest BCUT2D eigenvalue weighted by Crippen LogP contribution is 2.33. The molecule has 0 radical (unpaired) electrons. The number of rotatable bonds is 4. The zero-order chi connectivity index (χ0) is 14.7. The molecule has 0 atom stereocenters. The van der Waals surface area contributed by atoms with Crippen molar-refractivity contribution in [3.8, 4) is 11.6 Å². The molecule has 0 aliphatic heterocycles. The Morgan fingerprint density at radius 3 is 2.80 bits per heavy atom. The Balaban J connectivity index is 2.39. The molecule has 1 heterocycles. The summed E-state index contributed by atoms with van der Waals surface area (Å²) in [5.74, 6) is 5.65. The van der Waals surface area contributed by atoms with E-state index in [4.69, 9.17) is 10.6 Å². The van der Waals surface area contributed by atoms with E-state index in [2.05, 4.69) is 31.3 Å². The Morgan fingerprint density at radius 1 is 1.40 bits per heavy atom. The number of nitro benzene ring substituents is 1. The van der Waals surface area contributed by atoms with Crippen LogP contribution in [0, 0.1) is 17.0 Å². The predicted molar refractivity (Wildman–Crippen MR) is 75.4 cm³/mol. The minimum Gasteiger partial charge on any atom is -0.432 e. The second-order valence-electron chi connectivity index (χ2n) is 3.79. The van der Waals surface area contributed by atoms with Crippen LogP contribution in [0.15, 0.2) is 28.7 Å². The summed E-state index contributed by atoms with van der Waals surface area (Å²) in [6.07, 6.45) is 0. The van der Waals surface area contributed by atoms with Crippen LogP contribution in [-0.2, 0) is 0 Å². The third-order valence-corrected chi connectivity index (χ3v) is 2.79. The van der Waals surface area contributed by atoms with Gasteiger partial charge < -0.3 is 4.74 Å². The van der Waals surface area contributed by atoms with Crippen molar-refractivity contribution in [2.45, 2.75) is 6.92 Å². The van der Waals surface area contributed by atoms with Crippen molar-refractivity contribution in [3.63, 3.8) is 0 Å². The van der Waals surface area contributed by atoms with Crippen molar-refractivity contribution in [2.24, 2.45) is 5.84 Å². The lowest BCUT2D eigenvalue weighted by atomic mass is 10.3. The lowest BCUT2D eigenvalue weighted by Gasteiger charge is -2.07. The van der Waals surface area contributed by atoms with E-state index in [9.17, 15) is 10.1 Å². The molecule has 1 aromatic carbocycles. The van der Waals surface area contributed by atoms with Crippen LogP contribution < -0.4 is 16.0 Å². The van der Waals surface area contributed by atoms with Crippen LogP contribution in [0.3, 0.4) is 0 Å². The Kier molecular flexibility index (Phi) is 4.11. The fourth-order valence-electron chi connectivity index (χ4n) is 1.49. The van der Waals surface area contributed by atoms with Crippen LogP contribution in [0.1, 0.15) is 5.69 Å². The highest BCUT2D eigenvalue weighted by atomic mass is 79.9. The molecular formula is C11H10BrN5O3. The summed E-state index contributed by atoms with van der Waals surface area (Å²) in [7, 11) is 0. The third-order valence-electron chi connectivity index (χ3n) is 2.29. The van der Waals surface area contributed by atoms with Gasteiger partial charge >= 0.3 is 5.69 Å². The molecule has 0 bridgehead atoms. The highest BCUT2D eigenvalue weighted by molar-refractivity contribution is 9.10. The fraction of sp³-hybridized carbons (Fsp3) is 0.0909. The first kappa shape index (κ1) is 14.2. The molecule has 2 aromatic rings. The second kappa shape index (κ2) is 5.80. The number of nitrogens with zero attached hydrogens (tertiary/aromatic N) is 3. The van der Waals surface area contributed by atoms with Crippen molar-refractivity contribution < 1.29 is 9.66 Å². The van der Waals surface area contributed by atoms with Crippen LogP contribution in [0.25, 0.3) is 0 Å². The van der Waals surface area contributed by atoms with Gasteiger partial charge in [-0.2, -0.15) is 4.98 Å². The molecular weight excluding hydrogens is 330 g/mol. The molecule has 0 saturated carbocycles. The van der Waals surface area contributed by atoms with E-state index in [-0.39, 0.29) is 23.3 Å². The normalized spacial score (nSPS) is 10.2. The molecule has 104 valence electrons. The number of aromatic nitrogens is 2. The average molecular weight is 340 g/mol. The van der Waals surface area contributed by atoms with Crippen LogP contribution in [-0.4, -0.2) is 14.9 Å². The summed E-state index contributed by atoms with van der Waals surface area (Å²) in [6.45, 7) is 1.73. The molecule has 0 aliphatic rings. The van der Waals surface area contributed by atoms with Crippen molar-refractivity contribution in [1.82, 2.24) is 9.97 Å². The topological polar surface area (TPSA) is 116 Å². The van der Waals surface area contributed by atoms with E-state index in [1.807, 2.05) is 0 Å². The van der Waals surface area contributed by atoms with Gasteiger partial charge in [-0.1, -0.05) is 15.9 Å². The zero-order valence-electron chi connectivity index (χ0n) is 10.3. The number of nitrogens with two attached hydrogens (primary N) is 1. The Hall–Kier alpha value is -2.26. The summed E-state index contributed by atoms with van der Waals surface area (Å²) in [4.78, 5) is 18.4. The molecule has 20 heavy (non-hydrogen) atoms. The van der Waals surface area contributed by atoms with Gasteiger partial charge in [-0.15, -0.1) is 0 Å². The maximum atomic E-state index is 11.0. The van der Waals surface area contributed by atoms with Gasteiger partial charge in [0.2, 0.25) is 17.6 Å². The number of hydrogen-bond donors (Lipinski definition) is 2. The molecule has 0 fully saturated rings. The number of ether oxygens (including phenoxy) is 1. The molecule has 0 aliphatic carbocycles. The number of benzene rings is 1. The average Bonchev–Trinajstić information content (AvgIpc) is 2.40. The molecule has 3 N–H and O–H groups in total. The summed E-state index contributed by atoms with van der Waals surface area (Å²) >= 11 is 3.17. The number of anilines is 1. The minimum absolute atomic E-state index is 0.0827. The smallest absolute Gasteiger partial charge is 0.312 e. The van der Waals surface area contributed by atoms with E-state index >= 15 is 0 Å². The SMILES string of the molecule is Cc1cc(Oc2ccc(Br)cc2[N+](=O)[O-])nc(NN)n1. The molecule has 8 nitrogen and oxygen atoms in total. The first-order valence-corrected chi connectivity index (χ1v) is 6.23. The Bertz CT molecular complexity index is 665. The summed E-state index contributed by atoms with van der Waals surface area (Å²) in [6, 6.07) is 6.02. The van der Waals surface area contributed by atoms with E-state index in [0.29, 0.717) is 10.2 Å². The fourth-order valence-corrected chi connectivity index (χ4v) is 1.84. The molecule has 0 spiro atoms. The maximum Gasteiger partial charge on any atom is 0.312 e. The third kappa shape index (κ3) is 3.19. The second-order valence-corrected chi connectivity index (χ2v) is 4.70. The molecule has 0 amide bonds. The first-order chi connectivity index (χ1) is 9.49. The Labute approximate surface area is 122 Å². The van der Waals surface area contributed by atoms with Crippen LogP contribution in [0.4, 0.5) is 11.6 Å². The Morgan fingerprint density at radius 2 is 2.15 bits per heavy atom. The summed E-state index contributed by atoms with van der Waals surface area (Å²) < 4.78 is 6.02. The van der Waals surface area contributed by atoms with Gasteiger partial charge in [-0.05, 0) is 19.1 Å². The number of nitro groups is 1. The first-order valence-electron chi connectivity index (χ1n) is 5.43. The van der Waals surface area contributed by atoms with Crippen molar-refractivity contribution >= 4 is 27.6 Å². The van der Waals surface area contributed by atoms with Gasteiger partial charge in [0.25, 0.3) is 0 Å². The van der Waals surface area contributed by atoms with E-state index < -0.39 is 4.92 Å². The van der Waals surface area contributed by atoms with E-state index in [1.54, 1.807) is 19.1 Å². The van der Waals surface area contributed by atoms with Crippen molar-refractivity contribution in [1.29, 1.82) is 0 Å². The number of halogens is 1. The molecule has 1 aromatic heterocycles. The van der Waals surface area contributed by atoms with E-state index in [1.165, 1.54) is 12.1 Å².